The van der Waals surface area contributed by atoms with Crippen LogP contribution in [0, 0.1) is 12.7 Å². The third-order valence-electron chi connectivity index (χ3n) is 5.49. The molecule has 0 saturated carbocycles. The Balaban J connectivity index is 1.53. The number of carbonyl (C=O) groups is 1. The summed E-state index contributed by atoms with van der Waals surface area (Å²) in [5.74, 6) is -0.275. The number of amides is 1. The Morgan fingerprint density at radius 1 is 1.03 bits per heavy atom. The van der Waals surface area contributed by atoms with Crippen molar-refractivity contribution in [3.63, 3.8) is 0 Å². The number of fused-ring (bicyclic) bond motifs is 1. The van der Waals surface area contributed by atoms with Gasteiger partial charge in [-0.1, -0.05) is 71.3 Å². The molecule has 4 aromatic rings. The minimum Gasteiger partial charge on any atom is -0.324 e. The molecule has 33 heavy (non-hydrogen) atoms. The third-order valence-corrected chi connectivity index (χ3v) is 5.49. The van der Waals surface area contributed by atoms with Gasteiger partial charge in [0.2, 0.25) is 5.91 Å². The summed E-state index contributed by atoms with van der Waals surface area (Å²) >= 11 is 0. The number of tetrazole rings is 1. The van der Waals surface area contributed by atoms with E-state index in [1.807, 2.05) is 49.4 Å². The van der Waals surface area contributed by atoms with Gasteiger partial charge in [-0.2, -0.15) is 4.68 Å². The van der Waals surface area contributed by atoms with Crippen LogP contribution in [0.15, 0.2) is 84.9 Å². The van der Waals surface area contributed by atoms with E-state index in [4.69, 9.17) is 0 Å². The van der Waals surface area contributed by atoms with Crippen molar-refractivity contribution in [1.82, 2.24) is 20.2 Å². The Bertz CT molecular complexity index is 1320. The van der Waals surface area contributed by atoms with E-state index in [2.05, 4.69) is 39.1 Å². The predicted molar refractivity (Wildman–Crippen MR) is 124 cm³/mol. The summed E-state index contributed by atoms with van der Waals surface area (Å²) in [4.78, 5) is 14.7. The van der Waals surface area contributed by atoms with Gasteiger partial charge in [-0.15, -0.1) is 0 Å². The summed E-state index contributed by atoms with van der Waals surface area (Å²) in [6, 6.07) is 23.6. The van der Waals surface area contributed by atoms with Crippen LogP contribution in [-0.4, -0.2) is 32.7 Å². The molecule has 0 radical (unpaired) electrons. The standard InChI is InChI=1S/C25H21FN6O/c1-17-10-12-19(13-11-17)23-15-22(18-6-3-2-4-7-18)31(25-28-29-30-32(23)25)16-24(33)27-21-9-5-8-20(26)14-21/h2-15,23H,16H2,1H3,(H,27,33)/t23-/m0/s1. The van der Waals surface area contributed by atoms with Gasteiger partial charge in [-0.3, -0.25) is 9.69 Å². The first-order valence-electron chi connectivity index (χ1n) is 10.5. The van der Waals surface area contributed by atoms with Crippen LogP contribution in [-0.2, 0) is 4.79 Å². The third kappa shape index (κ3) is 4.23. The summed E-state index contributed by atoms with van der Waals surface area (Å²) in [6.07, 6.45) is 2.05. The zero-order chi connectivity index (χ0) is 22.8. The van der Waals surface area contributed by atoms with Gasteiger partial charge in [0.05, 0.1) is 5.70 Å². The first-order chi connectivity index (χ1) is 16.1. The van der Waals surface area contributed by atoms with Crippen LogP contribution in [0.4, 0.5) is 16.0 Å². The van der Waals surface area contributed by atoms with Crippen LogP contribution in [0.1, 0.15) is 22.7 Å². The molecule has 3 aromatic carbocycles. The topological polar surface area (TPSA) is 75.9 Å². The average molecular weight is 440 g/mol. The van der Waals surface area contributed by atoms with Gasteiger partial charge in [-0.25, -0.2) is 4.39 Å². The highest BCUT2D eigenvalue weighted by atomic mass is 19.1. The molecular weight excluding hydrogens is 419 g/mol. The van der Waals surface area contributed by atoms with Gasteiger partial charge >= 0.3 is 0 Å². The van der Waals surface area contributed by atoms with Crippen LogP contribution in [0.2, 0.25) is 0 Å². The van der Waals surface area contributed by atoms with Crippen molar-refractivity contribution >= 4 is 23.2 Å². The lowest BCUT2D eigenvalue weighted by Gasteiger charge is -2.32. The molecular formula is C25H21FN6O. The van der Waals surface area contributed by atoms with Crippen LogP contribution < -0.4 is 10.2 Å². The first-order valence-corrected chi connectivity index (χ1v) is 10.5. The number of carbonyl (C=O) groups excluding carboxylic acids is 1. The fourth-order valence-corrected chi connectivity index (χ4v) is 3.89. The monoisotopic (exact) mass is 440 g/mol. The van der Waals surface area contributed by atoms with Gasteiger partial charge < -0.3 is 5.32 Å². The Hall–Kier alpha value is -4.33. The maximum absolute atomic E-state index is 13.5. The minimum atomic E-state index is -0.416. The van der Waals surface area contributed by atoms with Gasteiger partial charge in [-0.05, 0) is 52.8 Å². The molecule has 1 amide bonds. The van der Waals surface area contributed by atoms with E-state index in [0.717, 1.165) is 22.4 Å². The van der Waals surface area contributed by atoms with E-state index in [-0.39, 0.29) is 18.5 Å². The van der Waals surface area contributed by atoms with Crippen molar-refractivity contribution in [3.05, 3.63) is 107 Å². The number of rotatable bonds is 5. The fraction of sp³-hybridized carbons (Fsp3) is 0.120. The molecule has 8 heteroatoms. The quantitative estimate of drug-likeness (QED) is 0.503. The van der Waals surface area contributed by atoms with Gasteiger partial charge in [0.15, 0.2) is 0 Å². The summed E-state index contributed by atoms with van der Waals surface area (Å²) < 4.78 is 15.2. The smallest absolute Gasteiger partial charge is 0.251 e. The second kappa shape index (κ2) is 8.66. The second-order valence-electron chi connectivity index (χ2n) is 7.84. The number of hydrogen-bond acceptors (Lipinski definition) is 5. The molecule has 1 N–H and O–H groups in total. The fourth-order valence-electron chi connectivity index (χ4n) is 3.89. The van der Waals surface area contributed by atoms with Crippen molar-refractivity contribution in [2.75, 3.05) is 16.8 Å². The van der Waals surface area contributed by atoms with Crippen LogP contribution in [0.25, 0.3) is 5.70 Å². The summed E-state index contributed by atoms with van der Waals surface area (Å²) in [5.41, 5.74) is 4.33. The van der Waals surface area contributed by atoms with Gasteiger partial charge in [0.25, 0.3) is 5.95 Å². The largest absolute Gasteiger partial charge is 0.324 e. The van der Waals surface area contributed by atoms with Crippen molar-refractivity contribution in [1.29, 1.82) is 0 Å². The van der Waals surface area contributed by atoms with Crippen LogP contribution in [0.3, 0.4) is 0 Å². The second-order valence-corrected chi connectivity index (χ2v) is 7.84. The molecule has 0 saturated heterocycles. The lowest BCUT2D eigenvalue weighted by atomic mass is 10.00. The number of nitrogens with zero attached hydrogens (tertiary/aromatic N) is 5. The zero-order valence-corrected chi connectivity index (χ0v) is 17.9. The Morgan fingerprint density at radius 2 is 1.82 bits per heavy atom. The first kappa shape index (κ1) is 20.6. The zero-order valence-electron chi connectivity index (χ0n) is 17.9. The molecule has 1 aliphatic heterocycles. The maximum Gasteiger partial charge on any atom is 0.251 e. The highest BCUT2D eigenvalue weighted by Crippen LogP contribution is 2.36. The van der Waals surface area contributed by atoms with E-state index in [1.165, 1.54) is 12.1 Å². The molecule has 0 bridgehead atoms. The molecule has 0 aliphatic carbocycles. The molecule has 5 rings (SSSR count). The van der Waals surface area contributed by atoms with Crippen molar-refractivity contribution in [2.24, 2.45) is 0 Å². The van der Waals surface area contributed by atoms with E-state index in [0.29, 0.717) is 11.6 Å². The maximum atomic E-state index is 13.5. The van der Waals surface area contributed by atoms with E-state index in [1.54, 1.807) is 21.7 Å². The van der Waals surface area contributed by atoms with Crippen molar-refractivity contribution in [3.8, 4) is 0 Å². The number of halogens is 1. The summed E-state index contributed by atoms with van der Waals surface area (Å²) in [6.45, 7) is 2.00. The Labute approximate surface area is 190 Å². The van der Waals surface area contributed by atoms with E-state index < -0.39 is 5.82 Å². The molecule has 0 unspecified atom stereocenters. The Kier molecular flexibility index (Phi) is 5.40. The average Bonchev–Trinajstić information content (AvgIpc) is 3.31. The normalized spacial score (nSPS) is 15.0. The number of aromatic nitrogens is 4. The van der Waals surface area contributed by atoms with Crippen LogP contribution in [0.5, 0.6) is 0 Å². The molecule has 1 aliphatic rings. The minimum absolute atomic E-state index is 0.0434. The van der Waals surface area contributed by atoms with E-state index >= 15 is 0 Å². The molecule has 7 nitrogen and oxygen atoms in total. The van der Waals surface area contributed by atoms with Crippen molar-refractivity contribution in [2.45, 2.75) is 13.0 Å². The van der Waals surface area contributed by atoms with Crippen molar-refractivity contribution < 1.29 is 9.18 Å². The molecule has 1 atom stereocenters. The van der Waals surface area contributed by atoms with Crippen LogP contribution >= 0.6 is 0 Å². The number of hydrogen-bond donors (Lipinski definition) is 1. The molecule has 0 fully saturated rings. The summed E-state index contributed by atoms with van der Waals surface area (Å²) in [7, 11) is 0. The number of nitrogens with one attached hydrogen (secondary N) is 1. The molecule has 2 heterocycles. The number of allylic oxidation sites excluding steroid dienone is 1. The summed E-state index contributed by atoms with van der Waals surface area (Å²) in [5, 5.41) is 15.1. The Morgan fingerprint density at radius 3 is 2.58 bits per heavy atom. The predicted octanol–water partition coefficient (Wildman–Crippen LogP) is 4.21. The highest BCUT2D eigenvalue weighted by Gasteiger charge is 2.31. The molecule has 1 aromatic heterocycles. The molecule has 0 spiro atoms. The van der Waals surface area contributed by atoms with Gasteiger partial charge in [0.1, 0.15) is 18.4 Å². The lowest BCUT2D eigenvalue weighted by Crippen LogP contribution is -2.37. The number of benzene rings is 3. The van der Waals surface area contributed by atoms with E-state index in [9.17, 15) is 9.18 Å². The SMILES string of the molecule is Cc1ccc([C@@H]2C=C(c3ccccc3)N(CC(=O)Nc3cccc(F)c3)c3nnnn32)cc1. The number of aryl methyl sites for hydroxylation is 1. The lowest BCUT2D eigenvalue weighted by molar-refractivity contribution is -0.114. The van der Waals surface area contributed by atoms with Gasteiger partial charge in [0, 0.05) is 5.69 Å². The number of anilines is 2. The highest BCUT2D eigenvalue weighted by molar-refractivity contribution is 5.97. The molecule has 164 valence electrons.